The summed E-state index contributed by atoms with van der Waals surface area (Å²) in [5.74, 6) is 0.460. The molecule has 3 aromatic rings. The number of benzene rings is 2. The average molecular weight is 389 g/mol. The number of nitrogens with one attached hydrogen (secondary N) is 1. The largest absolute Gasteiger partial charge is 0.416 e. The standard InChI is InChI=1S/C19H18F3N5O/c20-19(21,22)13-5-7-14(8-6-13)23-17-4-2-1-3-16(17)18-24-26-27(25-18)15-9-11-28-12-10-15/h1-8,15,23H,9-12H2. The maximum atomic E-state index is 12.7. The topological polar surface area (TPSA) is 64.9 Å². The van der Waals surface area contributed by atoms with E-state index in [-0.39, 0.29) is 6.04 Å². The number of rotatable bonds is 4. The van der Waals surface area contributed by atoms with Gasteiger partial charge in [0.1, 0.15) is 0 Å². The number of alkyl halides is 3. The number of aromatic nitrogens is 4. The molecule has 0 bridgehead atoms. The van der Waals surface area contributed by atoms with E-state index in [0.29, 0.717) is 30.4 Å². The predicted molar refractivity (Wildman–Crippen MR) is 97.1 cm³/mol. The first-order chi connectivity index (χ1) is 13.5. The van der Waals surface area contributed by atoms with Crippen molar-refractivity contribution in [2.24, 2.45) is 0 Å². The average Bonchev–Trinajstić information content (AvgIpc) is 3.19. The number of ether oxygens (including phenoxy) is 1. The van der Waals surface area contributed by atoms with Crippen molar-refractivity contribution >= 4 is 11.4 Å². The monoisotopic (exact) mass is 389 g/mol. The van der Waals surface area contributed by atoms with E-state index in [0.717, 1.165) is 30.5 Å². The molecule has 1 aromatic heterocycles. The third-order valence-corrected chi connectivity index (χ3v) is 4.60. The molecule has 0 spiro atoms. The first-order valence-electron chi connectivity index (χ1n) is 8.91. The van der Waals surface area contributed by atoms with Crippen LogP contribution >= 0.6 is 0 Å². The van der Waals surface area contributed by atoms with Crippen molar-refractivity contribution in [1.82, 2.24) is 20.2 Å². The number of para-hydroxylation sites is 1. The van der Waals surface area contributed by atoms with Gasteiger partial charge in [0.2, 0.25) is 5.82 Å². The molecule has 1 fully saturated rings. The second-order valence-electron chi connectivity index (χ2n) is 6.52. The fourth-order valence-electron chi connectivity index (χ4n) is 3.09. The molecular formula is C19H18F3N5O. The molecule has 2 aromatic carbocycles. The van der Waals surface area contributed by atoms with E-state index < -0.39 is 11.7 Å². The molecule has 1 N–H and O–H groups in total. The lowest BCUT2D eigenvalue weighted by Crippen LogP contribution is -2.21. The van der Waals surface area contributed by atoms with Crippen LogP contribution in [0.25, 0.3) is 11.4 Å². The van der Waals surface area contributed by atoms with Crippen molar-refractivity contribution in [3.8, 4) is 11.4 Å². The Labute approximate surface area is 159 Å². The Morgan fingerprint density at radius 3 is 2.43 bits per heavy atom. The Bertz CT molecular complexity index is 933. The first kappa shape index (κ1) is 18.4. The Kier molecular flexibility index (Phi) is 4.99. The summed E-state index contributed by atoms with van der Waals surface area (Å²) < 4.78 is 43.6. The molecule has 146 valence electrons. The van der Waals surface area contributed by atoms with Gasteiger partial charge in [-0.15, -0.1) is 10.2 Å². The van der Waals surface area contributed by atoms with E-state index in [4.69, 9.17) is 4.74 Å². The minimum absolute atomic E-state index is 0.157. The molecule has 4 rings (SSSR count). The summed E-state index contributed by atoms with van der Waals surface area (Å²) in [5, 5.41) is 16.0. The SMILES string of the molecule is FC(F)(F)c1ccc(Nc2ccccc2-c2nnn(C3CCOCC3)n2)cc1. The Morgan fingerprint density at radius 2 is 1.71 bits per heavy atom. The van der Waals surface area contributed by atoms with Gasteiger partial charge in [-0.25, -0.2) is 0 Å². The summed E-state index contributed by atoms with van der Waals surface area (Å²) in [6.45, 7) is 1.35. The molecule has 9 heteroatoms. The summed E-state index contributed by atoms with van der Waals surface area (Å²) in [5.41, 5.74) is 1.26. The number of anilines is 2. The number of tetrazole rings is 1. The van der Waals surface area contributed by atoms with E-state index in [1.807, 2.05) is 24.3 Å². The second-order valence-corrected chi connectivity index (χ2v) is 6.52. The van der Waals surface area contributed by atoms with Crippen molar-refractivity contribution in [3.05, 3.63) is 54.1 Å². The number of nitrogens with zero attached hydrogens (tertiary/aromatic N) is 4. The molecule has 0 radical (unpaired) electrons. The third kappa shape index (κ3) is 3.99. The molecular weight excluding hydrogens is 371 g/mol. The zero-order valence-electron chi connectivity index (χ0n) is 14.9. The highest BCUT2D eigenvalue weighted by atomic mass is 19.4. The number of hydrogen-bond donors (Lipinski definition) is 1. The van der Waals surface area contributed by atoms with Gasteiger partial charge in [-0.2, -0.15) is 18.0 Å². The Balaban J connectivity index is 1.56. The van der Waals surface area contributed by atoms with Gasteiger partial charge in [0.15, 0.2) is 0 Å². The fraction of sp³-hybridized carbons (Fsp3) is 0.316. The lowest BCUT2D eigenvalue weighted by molar-refractivity contribution is -0.137. The second kappa shape index (κ2) is 7.59. The lowest BCUT2D eigenvalue weighted by Gasteiger charge is -2.20. The van der Waals surface area contributed by atoms with Crippen molar-refractivity contribution in [2.75, 3.05) is 18.5 Å². The minimum Gasteiger partial charge on any atom is -0.381 e. The van der Waals surface area contributed by atoms with Crippen LogP contribution < -0.4 is 5.32 Å². The van der Waals surface area contributed by atoms with E-state index in [2.05, 4.69) is 20.7 Å². The molecule has 28 heavy (non-hydrogen) atoms. The highest BCUT2D eigenvalue weighted by molar-refractivity contribution is 5.77. The van der Waals surface area contributed by atoms with Crippen LogP contribution in [-0.2, 0) is 10.9 Å². The molecule has 1 aliphatic heterocycles. The van der Waals surface area contributed by atoms with Gasteiger partial charge in [0.05, 0.1) is 11.6 Å². The highest BCUT2D eigenvalue weighted by Gasteiger charge is 2.30. The van der Waals surface area contributed by atoms with Gasteiger partial charge in [0, 0.05) is 30.2 Å². The first-order valence-corrected chi connectivity index (χ1v) is 8.91. The van der Waals surface area contributed by atoms with E-state index in [1.165, 1.54) is 12.1 Å². The smallest absolute Gasteiger partial charge is 0.381 e. The van der Waals surface area contributed by atoms with Crippen molar-refractivity contribution in [3.63, 3.8) is 0 Å². The molecule has 1 aliphatic rings. The zero-order chi connectivity index (χ0) is 19.6. The van der Waals surface area contributed by atoms with E-state index in [9.17, 15) is 13.2 Å². The van der Waals surface area contributed by atoms with Crippen LogP contribution in [0.5, 0.6) is 0 Å². The van der Waals surface area contributed by atoms with Gasteiger partial charge in [-0.1, -0.05) is 12.1 Å². The number of hydrogen-bond acceptors (Lipinski definition) is 5. The van der Waals surface area contributed by atoms with Crippen molar-refractivity contribution in [1.29, 1.82) is 0 Å². The highest BCUT2D eigenvalue weighted by Crippen LogP contribution is 2.32. The van der Waals surface area contributed by atoms with Gasteiger partial charge in [0.25, 0.3) is 0 Å². The van der Waals surface area contributed by atoms with Crippen molar-refractivity contribution in [2.45, 2.75) is 25.1 Å². The quantitative estimate of drug-likeness (QED) is 0.714. The Morgan fingerprint density at radius 1 is 1.00 bits per heavy atom. The molecule has 6 nitrogen and oxygen atoms in total. The van der Waals surface area contributed by atoms with Crippen LogP contribution in [0.3, 0.4) is 0 Å². The van der Waals surface area contributed by atoms with Crippen LogP contribution in [0.15, 0.2) is 48.5 Å². The Hall–Kier alpha value is -2.94. The van der Waals surface area contributed by atoms with Crippen LogP contribution in [0, 0.1) is 0 Å². The van der Waals surface area contributed by atoms with Crippen LogP contribution in [0.2, 0.25) is 0 Å². The summed E-state index contributed by atoms with van der Waals surface area (Å²) in [7, 11) is 0. The molecule has 0 saturated carbocycles. The summed E-state index contributed by atoms with van der Waals surface area (Å²) in [4.78, 5) is 1.62. The van der Waals surface area contributed by atoms with Crippen LogP contribution in [-0.4, -0.2) is 33.4 Å². The molecule has 1 saturated heterocycles. The fourth-order valence-corrected chi connectivity index (χ4v) is 3.09. The van der Waals surface area contributed by atoms with Gasteiger partial charge in [-0.05, 0) is 54.5 Å². The summed E-state index contributed by atoms with van der Waals surface area (Å²) in [6.07, 6.45) is -2.69. The maximum Gasteiger partial charge on any atom is 0.416 e. The molecule has 0 unspecified atom stereocenters. The molecule has 2 heterocycles. The van der Waals surface area contributed by atoms with Crippen LogP contribution in [0.4, 0.5) is 24.5 Å². The molecule has 0 amide bonds. The van der Waals surface area contributed by atoms with E-state index >= 15 is 0 Å². The van der Waals surface area contributed by atoms with Gasteiger partial charge in [-0.3, -0.25) is 0 Å². The normalized spacial score (nSPS) is 15.5. The maximum absolute atomic E-state index is 12.7. The van der Waals surface area contributed by atoms with E-state index in [1.54, 1.807) is 4.80 Å². The number of halogens is 3. The lowest BCUT2D eigenvalue weighted by atomic mass is 10.1. The van der Waals surface area contributed by atoms with Crippen LogP contribution in [0.1, 0.15) is 24.4 Å². The minimum atomic E-state index is -4.36. The third-order valence-electron chi connectivity index (χ3n) is 4.60. The van der Waals surface area contributed by atoms with Crippen molar-refractivity contribution < 1.29 is 17.9 Å². The van der Waals surface area contributed by atoms with Gasteiger partial charge >= 0.3 is 6.18 Å². The van der Waals surface area contributed by atoms with Gasteiger partial charge < -0.3 is 10.1 Å². The molecule has 0 atom stereocenters. The summed E-state index contributed by atoms with van der Waals surface area (Å²) in [6, 6.07) is 12.4. The predicted octanol–water partition coefficient (Wildman–Crippen LogP) is 4.45. The zero-order valence-corrected chi connectivity index (χ0v) is 14.9. The molecule has 0 aliphatic carbocycles. The summed E-state index contributed by atoms with van der Waals surface area (Å²) >= 11 is 0.